The number of aryl methyl sites for hydroxylation is 1. The van der Waals surface area contributed by atoms with Crippen LogP contribution in [0.3, 0.4) is 0 Å². The molecule has 36 heavy (non-hydrogen) atoms. The number of benzene rings is 1. The Morgan fingerprint density at radius 3 is 2.75 bits per heavy atom. The first-order chi connectivity index (χ1) is 17.4. The number of piperidine rings is 1. The van der Waals surface area contributed by atoms with Crippen LogP contribution in [0.4, 0.5) is 5.82 Å². The molecule has 2 fully saturated rings. The molecule has 7 nitrogen and oxygen atoms in total. The van der Waals surface area contributed by atoms with E-state index in [1.165, 1.54) is 11.8 Å². The lowest BCUT2D eigenvalue weighted by atomic mass is 9.96. The van der Waals surface area contributed by atoms with Crippen molar-refractivity contribution in [3.63, 3.8) is 0 Å². The average molecular weight is 528 g/mol. The highest BCUT2D eigenvalue weighted by Gasteiger charge is 2.33. The third-order valence-electron chi connectivity index (χ3n) is 6.51. The maximum absolute atomic E-state index is 13.2. The largest absolute Gasteiger partial charge is 0.466 e. The minimum atomic E-state index is -0.118. The second-order valence-corrected chi connectivity index (χ2v) is 10.6. The van der Waals surface area contributed by atoms with E-state index in [0.717, 1.165) is 34.3 Å². The molecule has 4 rings (SSSR count). The van der Waals surface area contributed by atoms with Crippen LogP contribution in [0.15, 0.2) is 29.2 Å². The van der Waals surface area contributed by atoms with Crippen molar-refractivity contribution in [2.24, 2.45) is 5.92 Å². The molecule has 2 aliphatic rings. The Morgan fingerprint density at radius 2 is 2.03 bits per heavy atom. The van der Waals surface area contributed by atoms with Gasteiger partial charge in [0.05, 0.1) is 22.9 Å². The number of anilines is 1. The van der Waals surface area contributed by atoms with Gasteiger partial charge >= 0.3 is 5.97 Å². The SMILES string of the molecule is CCOCCCN1C(=O)/C(=C/c2cc3cccc(C)c3nc2N2CCC(C(=O)OCC)CC2)SC1=S. The number of para-hydroxylation sites is 1. The van der Waals surface area contributed by atoms with E-state index in [1.807, 2.05) is 32.1 Å². The van der Waals surface area contributed by atoms with Crippen LogP contribution in [0.25, 0.3) is 17.0 Å². The van der Waals surface area contributed by atoms with Gasteiger partial charge in [0.15, 0.2) is 0 Å². The van der Waals surface area contributed by atoms with Gasteiger partial charge in [-0.3, -0.25) is 14.5 Å². The maximum atomic E-state index is 13.2. The van der Waals surface area contributed by atoms with Crippen LogP contribution in [0.1, 0.15) is 44.2 Å². The molecule has 1 aromatic heterocycles. The molecule has 1 aromatic carbocycles. The monoisotopic (exact) mass is 527 g/mol. The summed E-state index contributed by atoms with van der Waals surface area (Å²) in [5.41, 5.74) is 2.93. The number of rotatable bonds is 9. The molecule has 0 atom stereocenters. The van der Waals surface area contributed by atoms with E-state index in [1.54, 1.807) is 4.90 Å². The fraction of sp³-hybridized carbons (Fsp3) is 0.481. The molecule has 0 unspecified atom stereocenters. The third kappa shape index (κ3) is 5.90. The van der Waals surface area contributed by atoms with E-state index >= 15 is 0 Å². The zero-order valence-corrected chi connectivity index (χ0v) is 22.8. The van der Waals surface area contributed by atoms with Gasteiger partial charge < -0.3 is 14.4 Å². The van der Waals surface area contributed by atoms with Gasteiger partial charge in [-0.15, -0.1) is 0 Å². The molecule has 2 saturated heterocycles. The van der Waals surface area contributed by atoms with Crippen molar-refractivity contribution in [2.45, 2.75) is 40.0 Å². The zero-order valence-electron chi connectivity index (χ0n) is 21.1. The normalized spacial score (nSPS) is 18.0. The third-order valence-corrected chi connectivity index (χ3v) is 7.88. The molecule has 0 radical (unpaired) electrons. The Morgan fingerprint density at radius 1 is 1.25 bits per heavy atom. The fourth-order valence-corrected chi connectivity index (χ4v) is 5.90. The van der Waals surface area contributed by atoms with Gasteiger partial charge in [0.2, 0.25) is 0 Å². The highest BCUT2D eigenvalue weighted by molar-refractivity contribution is 8.26. The topological polar surface area (TPSA) is 72.0 Å². The number of nitrogens with zero attached hydrogens (tertiary/aromatic N) is 3. The molecular formula is C27H33N3O4S2. The molecule has 2 aliphatic heterocycles. The van der Waals surface area contributed by atoms with E-state index < -0.39 is 0 Å². The van der Waals surface area contributed by atoms with Gasteiger partial charge in [-0.1, -0.05) is 42.2 Å². The fourth-order valence-electron chi connectivity index (χ4n) is 4.60. The Kier molecular flexibility index (Phi) is 8.98. The van der Waals surface area contributed by atoms with Crippen LogP contribution in [0.2, 0.25) is 0 Å². The first kappa shape index (κ1) is 26.6. The average Bonchev–Trinajstić information content (AvgIpc) is 3.14. The highest BCUT2D eigenvalue weighted by atomic mass is 32.2. The number of fused-ring (bicyclic) bond motifs is 1. The summed E-state index contributed by atoms with van der Waals surface area (Å²) < 4.78 is 11.2. The maximum Gasteiger partial charge on any atom is 0.309 e. The summed E-state index contributed by atoms with van der Waals surface area (Å²) in [5.74, 6) is 0.561. The van der Waals surface area contributed by atoms with Gasteiger partial charge in [0.1, 0.15) is 10.1 Å². The van der Waals surface area contributed by atoms with E-state index in [2.05, 4.69) is 24.0 Å². The Labute approximate surface area is 222 Å². The smallest absolute Gasteiger partial charge is 0.309 e. The molecule has 0 saturated carbocycles. The summed E-state index contributed by atoms with van der Waals surface area (Å²) in [4.78, 5) is 35.0. The van der Waals surface area contributed by atoms with Crippen molar-refractivity contribution >= 4 is 63.0 Å². The lowest BCUT2D eigenvalue weighted by molar-refractivity contribution is -0.148. The van der Waals surface area contributed by atoms with Crippen LogP contribution in [0, 0.1) is 12.8 Å². The highest BCUT2D eigenvalue weighted by Crippen LogP contribution is 2.36. The van der Waals surface area contributed by atoms with Crippen molar-refractivity contribution < 1.29 is 19.1 Å². The number of thioether (sulfide) groups is 1. The molecule has 192 valence electrons. The molecule has 0 aliphatic carbocycles. The van der Waals surface area contributed by atoms with Crippen LogP contribution in [-0.4, -0.2) is 65.5 Å². The van der Waals surface area contributed by atoms with Crippen molar-refractivity contribution in [3.8, 4) is 0 Å². The molecule has 3 heterocycles. The minimum absolute atomic E-state index is 0.0715. The summed E-state index contributed by atoms with van der Waals surface area (Å²) >= 11 is 6.85. The Hall–Kier alpha value is -2.49. The van der Waals surface area contributed by atoms with Gasteiger partial charge in [-0.2, -0.15) is 0 Å². The summed E-state index contributed by atoms with van der Waals surface area (Å²) in [6.45, 7) is 9.46. The standard InChI is InChI=1S/C27H33N3O4S2/c1-4-33-15-7-12-30-25(31)22(36-27(30)35)17-21-16-20-9-6-8-18(3)23(20)28-24(21)29-13-10-19(11-14-29)26(32)34-5-2/h6,8-9,16-17,19H,4-5,7,10-15H2,1-3H3/b22-17-. The summed E-state index contributed by atoms with van der Waals surface area (Å²) in [6, 6.07) is 8.22. The van der Waals surface area contributed by atoms with E-state index in [9.17, 15) is 9.59 Å². The van der Waals surface area contributed by atoms with Crippen molar-refractivity contribution in [1.29, 1.82) is 0 Å². The number of hydrogen-bond acceptors (Lipinski definition) is 8. The van der Waals surface area contributed by atoms with E-state index in [0.29, 0.717) is 61.5 Å². The summed E-state index contributed by atoms with van der Waals surface area (Å²) in [7, 11) is 0. The first-order valence-corrected chi connectivity index (χ1v) is 13.8. The summed E-state index contributed by atoms with van der Waals surface area (Å²) in [6.07, 6.45) is 4.09. The molecule has 0 bridgehead atoms. The van der Waals surface area contributed by atoms with Crippen molar-refractivity contribution in [1.82, 2.24) is 9.88 Å². The number of carbonyl (C=O) groups excluding carboxylic acids is 2. The molecule has 0 spiro atoms. The van der Waals surface area contributed by atoms with E-state index in [4.69, 9.17) is 26.7 Å². The second kappa shape index (κ2) is 12.2. The van der Waals surface area contributed by atoms with Crippen LogP contribution in [0.5, 0.6) is 0 Å². The first-order valence-electron chi connectivity index (χ1n) is 12.6. The molecule has 1 amide bonds. The predicted molar refractivity (Wildman–Crippen MR) is 149 cm³/mol. The summed E-state index contributed by atoms with van der Waals surface area (Å²) in [5, 5.41) is 1.03. The Balaban J connectivity index is 1.62. The lowest BCUT2D eigenvalue weighted by Crippen LogP contribution is -2.37. The number of amides is 1. The van der Waals surface area contributed by atoms with E-state index in [-0.39, 0.29) is 17.8 Å². The minimum Gasteiger partial charge on any atom is -0.466 e. The van der Waals surface area contributed by atoms with Crippen LogP contribution >= 0.6 is 24.0 Å². The Bertz CT molecular complexity index is 1180. The number of ether oxygens (including phenoxy) is 2. The zero-order chi connectivity index (χ0) is 25.7. The molecule has 0 N–H and O–H groups in total. The van der Waals surface area contributed by atoms with Crippen molar-refractivity contribution in [2.75, 3.05) is 44.4 Å². The van der Waals surface area contributed by atoms with Crippen molar-refractivity contribution in [3.05, 3.63) is 40.3 Å². The number of thiocarbonyl (C=S) groups is 1. The van der Waals surface area contributed by atoms with Crippen LogP contribution < -0.4 is 4.90 Å². The predicted octanol–water partition coefficient (Wildman–Crippen LogP) is 4.95. The van der Waals surface area contributed by atoms with Gasteiger partial charge in [0.25, 0.3) is 5.91 Å². The van der Waals surface area contributed by atoms with Crippen LogP contribution in [-0.2, 0) is 19.1 Å². The quantitative estimate of drug-likeness (QED) is 0.196. The van der Waals surface area contributed by atoms with Gasteiger partial charge in [-0.05, 0) is 57.7 Å². The number of hydrogen-bond donors (Lipinski definition) is 0. The molecular weight excluding hydrogens is 494 g/mol. The second-order valence-electron chi connectivity index (χ2n) is 8.95. The van der Waals surface area contributed by atoms with Gasteiger partial charge in [0, 0.05) is 43.8 Å². The number of carbonyl (C=O) groups is 2. The lowest BCUT2D eigenvalue weighted by Gasteiger charge is -2.33. The molecule has 2 aromatic rings. The number of aromatic nitrogens is 1. The van der Waals surface area contributed by atoms with Gasteiger partial charge in [-0.25, -0.2) is 4.98 Å². The number of esters is 1. The molecule has 9 heteroatoms. The number of pyridine rings is 1.